The zero-order chi connectivity index (χ0) is 13.6. The van der Waals surface area contributed by atoms with Crippen molar-refractivity contribution in [3.63, 3.8) is 0 Å². The molecule has 19 heavy (non-hydrogen) atoms. The van der Waals surface area contributed by atoms with E-state index < -0.39 is 11.4 Å². The molecule has 0 bridgehead atoms. The van der Waals surface area contributed by atoms with Crippen LogP contribution < -0.4 is 5.73 Å². The average Bonchev–Trinajstić information content (AvgIpc) is 2.80. The van der Waals surface area contributed by atoms with Crippen molar-refractivity contribution >= 4 is 23.2 Å². The number of halogens is 3. The zero-order valence-corrected chi connectivity index (χ0v) is 11.3. The summed E-state index contributed by atoms with van der Waals surface area (Å²) in [5, 5.41) is 4.05. The summed E-state index contributed by atoms with van der Waals surface area (Å²) in [6.45, 7) is 0. The van der Waals surface area contributed by atoms with Gasteiger partial charge in [-0.05, 0) is 31.4 Å². The van der Waals surface area contributed by atoms with Crippen molar-refractivity contribution in [1.29, 1.82) is 0 Å². The fourth-order valence-electron chi connectivity index (χ4n) is 2.00. The van der Waals surface area contributed by atoms with Gasteiger partial charge in [-0.1, -0.05) is 28.4 Å². The second-order valence-electron chi connectivity index (χ2n) is 4.68. The highest BCUT2D eigenvalue weighted by Crippen LogP contribution is 2.38. The molecule has 3 rings (SSSR count). The van der Waals surface area contributed by atoms with Crippen LogP contribution in [0.1, 0.15) is 25.1 Å². The smallest absolute Gasteiger partial charge is 0.259 e. The van der Waals surface area contributed by atoms with E-state index in [9.17, 15) is 4.39 Å². The minimum Gasteiger partial charge on any atom is -0.334 e. The van der Waals surface area contributed by atoms with Gasteiger partial charge in [-0.3, -0.25) is 0 Å². The maximum absolute atomic E-state index is 13.5. The van der Waals surface area contributed by atoms with Gasteiger partial charge in [0, 0.05) is 0 Å². The first kappa shape index (κ1) is 12.8. The van der Waals surface area contributed by atoms with Gasteiger partial charge in [0.05, 0.1) is 21.1 Å². The van der Waals surface area contributed by atoms with Gasteiger partial charge in [0.15, 0.2) is 5.82 Å². The summed E-state index contributed by atoms with van der Waals surface area (Å²) in [4.78, 5) is 4.21. The fraction of sp³-hybridized carbons (Fsp3) is 0.333. The highest BCUT2D eigenvalue weighted by Gasteiger charge is 2.39. The summed E-state index contributed by atoms with van der Waals surface area (Å²) in [6, 6.07) is 2.48. The molecule has 1 aromatic heterocycles. The lowest BCUT2D eigenvalue weighted by molar-refractivity contribution is 0.229. The van der Waals surface area contributed by atoms with Crippen LogP contribution in [-0.4, -0.2) is 10.1 Å². The molecule has 1 saturated carbocycles. The zero-order valence-electron chi connectivity index (χ0n) is 9.79. The largest absolute Gasteiger partial charge is 0.334 e. The molecule has 1 aliphatic carbocycles. The molecular weight excluding hydrogens is 292 g/mol. The molecule has 2 aromatic rings. The van der Waals surface area contributed by atoms with Crippen LogP contribution in [0, 0.1) is 5.82 Å². The van der Waals surface area contributed by atoms with E-state index in [1.54, 1.807) is 0 Å². The number of hydrogen-bond acceptors (Lipinski definition) is 4. The molecule has 0 unspecified atom stereocenters. The van der Waals surface area contributed by atoms with Gasteiger partial charge in [0.2, 0.25) is 0 Å². The topological polar surface area (TPSA) is 64.9 Å². The lowest BCUT2D eigenvalue weighted by atomic mass is 9.77. The Morgan fingerprint density at radius 3 is 2.63 bits per heavy atom. The molecule has 0 aliphatic heterocycles. The quantitative estimate of drug-likeness (QED) is 0.862. The van der Waals surface area contributed by atoms with Gasteiger partial charge in [0.1, 0.15) is 5.82 Å². The third-order valence-electron chi connectivity index (χ3n) is 3.36. The molecule has 7 heteroatoms. The Morgan fingerprint density at radius 1 is 1.26 bits per heavy atom. The lowest BCUT2D eigenvalue weighted by Gasteiger charge is -2.34. The van der Waals surface area contributed by atoms with Crippen LogP contribution in [0.3, 0.4) is 0 Å². The Kier molecular flexibility index (Phi) is 3.00. The SMILES string of the molecule is NC1(c2noc(-c3cc(F)c(Cl)cc3Cl)n2)CCC1. The van der Waals surface area contributed by atoms with Crippen LogP contribution in [0.5, 0.6) is 0 Å². The molecule has 0 amide bonds. The highest BCUT2D eigenvalue weighted by molar-refractivity contribution is 6.36. The van der Waals surface area contributed by atoms with Crippen LogP contribution in [0.4, 0.5) is 4.39 Å². The van der Waals surface area contributed by atoms with Crippen LogP contribution >= 0.6 is 23.2 Å². The molecule has 1 aliphatic rings. The van der Waals surface area contributed by atoms with Crippen molar-refractivity contribution in [3.8, 4) is 11.5 Å². The number of rotatable bonds is 2. The number of nitrogens with zero attached hydrogens (tertiary/aromatic N) is 2. The van der Waals surface area contributed by atoms with E-state index >= 15 is 0 Å². The summed E-state index contributed by atoms with van der Waals surface area (Å²) in [5.41, 5.74) is 5.88. The van der Waals surface area contributed by atoms with Crippen molar-refractivity contribution in [2.75, 3.05) is 0 Å². The average molecular weight is 302 g/mol. The predicted molar refractivity (Wildman–Crippen MR) is 69.4 cm³/mol. The van der Waals surface area contributed by atoms with Crippen LogP contribution in [-0.2, 0) is 5.54 Å². The van der Waals surface area contributed by atoms with Gasteiger partial charge in [-0.15, -0.1) is 0 Å². The molecule has 2 N–H and O–H groups in total. The van der Waals surface area contributed by atoms with Gasteiger partial charge in [0.25, 0.3) is 5.89 Å². The maximum Gasteiger partial charge on any atom is 0.259 e. The third kappa shape index (κ3) is 2.12. The molecule has 0 radical (unpaired) electrons. The molecule has 1 heterocycles. The van der Waals surface area contributed by atoms with Crippen LogP contribution in [0.25, 0.3) is 11.5 Å². The van der Waals surface area contributed by atoms with Gasteiger partial charge in [-0.2, -0.15) is 4.98 Å². The van der Waals surface area contributed by atoms with E-state index in [4.69, 9.17) is 33.5 Å². The van der Waals surface area contributed by atoms with E-state index in [2.05, 4.69) is 10.1 Å². The highest BCUT2D eigenvalue weighted by atomic mass is 35.5. The minimum atomic E-state index is -0.591. The Hall–Kier alpha value is -1.17. The first-order valence-corrected chi connectivity index (χ1v) is 6.53. The van der Waals surface area contributed by atoms with Crippen molar-refractivity contribution in [1.82, 2.24) is 10.1 Å². The molecule has 4 nitrogen and oxygen atoms in total. The predicted octanol–water partition coefficient (Wildman–Crippen LogP) is 3.52. The van der Waals surface area contributed by atoms with Crippen LogP contribution in [0.15, 0.2) is 16.7 Å². The summed E-state index contributed by atoms with van der Waals surface area (Å²) in [6.07, 6.45) is 2.67. The standard InChI is InChI=1S/C12H10Cl2FN3O/c13-7-5-8(14)9(15)4-6(7)10-17-11(18-19-10)12(16)2-1-3-12/h4-5H,1-3,16H2. The first-order chi connectivity index (χ1) is 8.99. The summed E-state index contributed by atoms with van der Waals surface area (Å²) in [7, 11) is 0. The molecule has 0 saturated heterocycles. The van der Waals surface area contributed by atoms with Gasteiger partial charge in [-0.25, -0.2) is 4.39 Å². The van der Waals surface area contributed by atoms with Crippen LogP contribution in [0.2, 0.25) is 10.0 Å². The third-order valence-corrected chi connectivity index (χ3v) is 3.96. The minimum absolute atomic E-state index is 0.0530. The Balaban J connectivity index is 2.01. The lowest BCUT2D eigenvalue weighted by Crippen LogP contribution is -2.44. The van der Waals surface area contributed by atoms with Crippen molar-refractivity contribution in [2.45, 2.75) is 24.8 Å². The molecule has 1 fully saturated rings. The first-order valence-electron chi connectivity index (χ1n) is 5.77. The van der Waals surface area contributed by atoms with Gasteiger partial charge < -0.3 is 10.3 Å². The van der Waals surface area contributed by atoms with Crippen molar-refractivity contribution in [3.05, 3.63) is 33.8 Å². The van der Waals surface area contributed by atoms with E-state index in [1.807, 2.05) is 0 Å². The van der Waals surface area contributed by atoms with Gasteiger partial charge >= 0.3 is 0 Å². The normalized spacial score (nSPS) is 17.3. The monoisotopic (exact) mass is 301 g/mol. The Bertz CT molecular complexity index is 640. The van der Waals surface area contributed by atoms with E-state index in [1.165, 1.54) is 12.1 Å². The molecule has 0 spiro atoms. The van der Waals surface area contributed by atoms with E-state index in [-0.39, 0.29) is 15.9 Å². The molecule has 1 aromatic carbocycles. The Morgan fingerprint density at radius 2 is 2.00 bits per heavy atom. The fourth-order valence-corrected chi connectivity index (χ4v) is 2.47. The van der Waals surface area contributed by atoms with E-state index in [0.717, 1.165) is 19.3 Å². The summed E-state index contributed by atoms with van der Waals surface area (Å²) >= 11 is 11.6. The van der Waals surface area contributed by atoms with E-state index in [0.29, 0.717) is 11.4 Å². The summed E-state index contributed by atoms with van der Waals surface area (Å²) in [5.74, 6) is -0.0145. The second kappa shape index (κ2) is 4.44. The Labute approximate surface area is 118 Å². The number of hydrogen-bond donors (Lipinski definition) is 1. The summed E-state index contributed by atoms with van der Waals surface area (Å²) < 4.78 is 18.6. The molecule has 0 atom stereocenters. The maximum atomic E-state index is 13.5. The molecular formula is C12H10Cl2FN3O. The number of aromatic nitrogens is 2. The second-order valence-corrected chi connectivity index (χ2v) is 5.49. The molecule has 100 valence electrons. The van der Waals surface area contributed by atoms with Crippen molar-refractivity contribution < 1.29 is 8.91 Å². The number of nitrogens with two attached hydrogens (primary N) is 1. The van der Waals surface area contributed by atoms with Crippen molar-refractivity contribution in [2.24, 2.45) is 5.73 Å². The number of benzene rings is 1.